The third-order valence-electron chi connectivity index (χ3n) is 2.60. The molecule has 0 fully saturated rings. The van der Waals surface area contributed by atoms with Gasteiger partial charge in [-0.2, -0.15) is 0 Å². The zero-order valence-electron chi connectivity index (χ0n) is 9.67. The summed E-state index contributed by atoms with van der Waals surface area (Å²) in [5.41, 5.74) is 0.899. The van der Waals surface area contributed by atoms with Crippen molar-refractivity contribution in [2.24, 2.45) is 0 Å². The number of carboxylic acid groups (broad SMARTS) is 1. The molecule has 0 bridgehead atoms. The Hall–Kier alpha value is -1.36. The van der Waals surface area contributed by atoms with Gasteiger partial charge in [-0.05, 0) is 18.4 Å². The Labute approximate surface area is 101 Å². The largest absolute Gasteiger partial charge is 0.480 e. The fourth-order valence-electron chi connectivity index (χ4n) is 1.63. The predicted molar refractivity (Wildman–Crippen MR) is 65.6 cm³/mol. The van der Waals surface area contributed by atoms with E-state index in [2.05, 4.69) is 0 Å². The molecule has 5 heteroatoms. The molecule has 1 unspecified atom stereocenters. The Morgan fingerprint density at radius 2 is 1.88 bits per heavy atom. The third-order valence-corrected chi connectivity index (χ3v) is 4.77. The van der Waals surface area contributed by atoms with Crippen molar-refractivity contribution < 1.29 is 18.3 Å². The maximum atomic E-state index is 11.8. The second-order valence-electron chi connectivity index (χ2n) is 3.84. The molecule has 0 amide bonds. The molecule has 0 aliphatic carbocycles. The number of benzene rings is 1. The lowest BCUT2D eigenvalue weighted by Gasteiger charge is -2.11. The molecular formula is C12H16O4S. The predicted octanol–water partition coefficient (Wildman–Crippen LogP) is 1.51. The van der Waals surface area contributed by atoms with Crippen LogP contribution in [-0.2, 0) is 21.1 Å². The average Bonchev–Trinajstić information content (AvgIpc) is 2.28. The first-order chi connectivity index (χ1) is 7.97. The van der Waals surface area contributed by atoms with Crippen LogP contribution in [0, 0.1) is 0 Å². The second-order valence-corrected chi connectivity index (χ2v) is 6.14. The Kier molecular flexibility index (Phi) is 4.69. The summed E-state index contributed by atoms with van der Waals surface area (Å²) in [6.45, 7) is 1.57. The van der Waals surface area contributed by atoms with Crippen molar-refractivity contribution in [3.8, 4) is 0 Å². The van der Waals surface area contributed by atoms with Crippen LogP contribution < -0.4 is 0 Å². The van der Waals surface area contributed by atoms with Crippen LogP contribution in [0.5, 0.6) is 0 Å². The highest BCUT2D eigenvalue weighted by atomic mass is 32.2. The Morgan fingerprint density at radius 3 is 2.35 bits per heavy atom. The van der Waals surface area contributed by atoms with Crippen LogP contribution in [0.4, 0.5) is 0 Å². The third kappa shape index (κ3) is 3.85. The van der Waals surface area contributed by atoms with Gasteiger partial charge in [-0.1, -0.05) is 37.3 Å². The van der Waals surface area contributed by atoms with Gasteiger partial charge < -0.3 is 5.11 Å². The normalized spacial score (nSPS) is 13.2. The molecule has 1 rings (SSSR count). The minimum absolute atomic E-state index is 0.104. The van der Waals surface area contributed by atoms with Gasteiger partial charge in [-0.3, -0.25) is 4.79 Å². The van der Waals surface area contributed by atoms with Gasteiger partial charge in [-0.25, -0.2) is 8.42 Å². The number of aryl methyl sites for hydroxylation is 1. The van der Waals surface area contributed by atoms with Gasteiger partial charge in [0, 0.05) is 0 Å². The zero-order chi connectivity index (χ0) is 12.9. The van der Waals surface area contributed by atoms with E-state index < -0.39 is 21.1 Å². The Morgan fingerprint density at radius 1 is 1.29 bits per heavy atom. The highest BCUT2D eigenvalue weighted by molar-refractivity contribution is 7.92. The highest BCUT2D eigenvalue weighted by Gasteiger charge is 2.30. The smallest absolute Gasteiger partial charge is 0.321 e. The molecule has 0 spiro atoms. The molecule has 0 saturated carbocycles. The van der Waals surface area contributed by atoms with E-state index >= 15 is 0 Å². The number of hydrogen-bond acceptors (Lipinski definition) is 3. The number of carboxylic acids is 1. The first kappa shape index (κ1) is 13.7. The molecule has 17 heavy (non-hydrogen) atoms. The lowest BCUT2D eigenvalue weighted by Crippen LogP contribution is -2.32. The average molecular weight is 256 g/mol. The van der Waals surface area contributed by atoms with E-state index in [1.165, 1.54) is 0 Å². The van der Waals surface area contributed by atoms with Crippen LogP contribution in [0.2, 0.25) is 0 Å². The van der Waals surface area contributed by atoms with E-state index in [1.807, 2.05) is 30.3 Å². The molecule has 0 aliphatic rings. The van der Waals surface area contributed by atoms with E-state index in [9.17, 15) is 13.2 Å². The topological polar surface area (TPSA) is 71.4 Å². The van der Waals surface area contributed by atoms with Crippen molar-refractivity contribution in [1.29, 1.82) is 0 Å². The van der Waals surface area contributed by atoms with Crippen molar-refractivity contribution in [3.63, 3.8) is 0 Å². The summed E-state index contributed by atoms with van der Waals surface area (Å²) in [4.78, 5) is 10.8. The van der Waals surface area contributed by atoms with Crippen molar-refractivity contribution in [2.75, 3.05) is 5.75 Å². The molecule has 0 heterocycles. The summed E-state index contributed by atoms with van der Waals surface area (Å²) < 4.78 is 23.6. The lowest BCUT2D eigenvalue weighted by molar-refractivity contribution is -0.136. The minimum atomic E-state index is -3.57. The second kappa shape index (κ2) is 5.82. The van der Waals surface area contributed by atoms with Crippen molar-refractivity contribution >= 4 is 15.8 Å². The molecular weight excluding hydrogens is 240 g/mol. The summed E-state index contributed by atoms with van der Waals surface area (Å²) >= 11 is 0. The highest BCUT2D eigenvalue weighted by Crippen LogP contribution is 2.10. The maximum Gasteiger partial charge on any atom is 0.321 e. The van der Waals surface area contributed by atoms with E-state index in [-0.39, 0.29) is 12.2 Å². The number of sulfone groups is 1. The molecule has 1 aromatic carbocycles. The zero-order valence-corrected chi connectivity index (χ0v) is 10.5. The van der Waals surface area contributed by atoms with Gasteiger partial charge in [0.15, 0.2) is 15.1 Å². The summed E-state index contributed by atoms with van der Waals surface area (Å²) in [5.74, 6) is -1.39. The molecule has 1 aromatic rings. The number of carbonyl (C=O) groups is 1. The van der Waals surface area contributed by atoms with Crippen LogP contribution in [0.1, 0.15) is 18.9 Å². The van der Waals surface area contributed by atoms with Gasteiger partial charge in [0.1, 0.15) is 0 Å². The van der Waals surface area contributed by atoms with E-state index in [0.29, 0.717) is 6.42 Å². The van der Waals surface area contributed by atoms with Crippen molar-refractivity contribution in [2.45, 2.75) is 25.0 Å². The van der Waals surface area contributed by atoms with Gasteiger partial charge in [0.05, 0.1) is 5.75 Å². The summed E-state index contributed by atoms with van der Waals surface area (Å²) in [6.07, 6.45) is 0.458. The molecule has 0 aromatic heterocycles. The number of hydrogen-bond donors (Lipinski definition) is 1. The maximum absolute atomic E-state index is 11.8. The first-order valence-corrected chi connectivity index (χ1v) is 7.17. The summed E-state index contributed by atoms with van der Waals surface area (Å²) in [5, 5.41) is 7.54. The van der Waals surface area contributed by atoms with Crippen LogP contribution in [0.25, 0.3) is 0 Å². The SMILES string of the molecule is CCC(C(=O)O)S(=O)(=O)CCc1ccccc1. The van der Waals surface area contributed by atoms with E-state index in [1.54, 1.807) is 6.92 Å². The van der Waals surface area contributed by atoms with Gasteiger partial charge in [-0.15, -0.1) is 0 Å². The van der Waals surface area contributed by atoms with Crippen LogP contribution in [-0.4, -0.2) is 30.5 Å². The Bertz CT molecular complexity index is 465. The summed E-state index contributed by atoms with van der Waals surface area (Å²) in [6, 6.07) is 9.17. The van der Waals surface area contributed by atoms with Crippen molar-refractivity contribution in [3.05, 3.63) is 35.9 Å². The van der Waals surface area contributed by atoms with E-state index in [4.69, 9.17) is 5.11 Å². The quantitative estimate of drug-likeness (QED) is 0.837. The van der Waals surface area contributed by atoms with E-state index in [0.717, 1.165) is 5.56 Å². The fourth-order valence-corrected chi connectivity index (χ4v) is 3.25. The Balaban J connectivity index is 2.71. The van der Waals surface area contributed by atoms with Crippen LogP contribution in [0.3, 0.4) is 0 Å². The van der Waals surface area contributed by atoms with Crippen molar-refractivity contribution in [1.82, 2.24) is 0 Å². The molecule has 1 N–H and O–H groups in total. The molecule has 0 saturated heterocycles. The standard InChI is InChI=1S/C12H16O4S/c1-2-11(12(13)14)17(15,16)9-8-10-6-4-3-5-7-10/h3-7,11H,2,8-9H2,1H3,(H,13,14). The van der Waals surface area contributed by atoms with Crippen LogP contribution >= 0.6 is 0 Å². The first-order valence-electron chi connectivity index (χ1n) is 5.45. The monoisotopic (exact) mass is 256 g/mol. The minimum Gasteiger partial charge on any atom is -0.480 e. The van der Waals surface area contributed by atoms with Gasteiger partial charge in [0.25, 0.3) is 0 Å². The molecule has 94 valence electrons. The molecule has 0 aliphatic heterocycles. The summed E-state index contributed by atoms with van der Waals surface area (Å²) in [7, 11) is -3.57. The number of aliphatic carboxylic acids is 1. The lowest BCUT2D eigenvalue weighted by atomic mass is 10.2. The number of rotatable bonds is 6. The fraction of sp³-hybridized carbons (Fsp3) is 0.417. The molecule has 4 nitrogen and oxygen atoms in total. The molecule has 1 atom stereocenters. The van der Waals surface area contributed by atoms with Gasteiger partial charge in [0.2, 0.25) is 0 Å². The van der Waals surface area contributed by atoms with Gasteiger partial charge >= 0.3 is 5.97 Å². The molecule has 0 radical (unpaired) electrons. The van der Waals surface area contributed by atoms with Crippen LogP contribution in [0.15, 0.2) is 30.3 Å².